The lowest BCUT2D eigenvalue weighted by molar-refractivity contribution is 0.0747. The topological polar surface area (TPSA) is 73.4 Å². The SMILES string of the molecule is Cc1nc2cc(F)cc(C(=O)N3CCN(c4cccc(C#N)c4)CC3)c2o1. The first-order valence-electron chi connectivity index (χ1n) is 8.66. The number of nitrogens with zero attached hydrogens (tertiary/aromatic N) is 4. The number of amides is 1. The fourth-order valence-corrected chi connectivity index (χ4v) is 3.38. The van der Waals surface area contributed by atoms with Crippen molar-refractivity contribution >= 4 is 22.7 Å². The minimum absolute atomic E-state index is 0.200. The van der Waals surface area contributed by atoms with E-state index < -0.39 is 5.82 Å². The number of halogens is 1. The Morgan fingerprint density at radius 3 is 2.74 bits per heavy atom. The second-order valence-corrected chi connectivity index (χ2v) is 6.48. The Kier molecular flexibility index (Phi) is 4.24. The average Bonchev–Trinajstić information content (AvgIpc) is 3.06. The molecule has 1 aliphatic rings. The zero-order chi connectivity index (χ0) is 19.0. The molecule has 1 fully saturated rings. The number of hydrogen-bond acceptors (Lipinski definition) is 5. The number of hydrogen-bond donors (Lipinski definition) is 0. The van der Waals surface area contributed by atoms with Crippen LogP contribution in [0.5, 0.6) is 0 Å². The van der Waals surface area contributed by atoms with Crippen molar-refractivity contribution in [1.29, 1.82) is 5.26 Å². The second-order valence-electron chi connectivity index (χ2n) is 6.48. The van der Waals surface area contributed by atoms with Gasteiger partial charge in [-0.3, -0.25) is 4.79 Å². The highest BCUT2D eigenvalue weighted by Crippen LogP contribution is 2.24. The van der Waals surface area contributed by atoms with Crippen LogP contribution < -0.4 is 4.90 Å². The fourth-order valence-electron chi connectivity index (χ4n) is 3.38. The summed E-state index contributed by atoms with van der Waals surface area (Å²) >= 11 is 0. The molecule has 0 N–H and O–H groups in total. The minimum Gasteiger partial charge on any atom is -0.440 e. The fraction of sp³-hybridized carbons (Fsp3) is 0.250. The van der Waals surface area contributed by atoms with Gasteiger partial charge in [0, 0.05) is 44.9 Å². The summed E-state index contributed by atoms with van der Waals surface area (Å²) < 4.78 is 19.4. The van der Waals surface area contributed by atoms with Gasteiger partial charge in [0.05, 0.1) is 17.2 Å². The number of fused-ring (bicyclic) bond motifs is 1. The molecule has 1 saturated heterocycles. The number of carbonyl (C=O) groups excluding carboxylic acids is 1. The summed E-state index contributed by atoms with van der Waals surface area (Å²) in [5.74, 6) is -0.376. The molecule has 27 heavy (non-hydrogen) atoms. The van der Waals surface area contributed by atoms with E-state index in [2.05, 4.69) is 16.0 Å². The number of benzene rings is 2. The number of aryl methyl sites for hydroxylation is 1. The molecule has 0 radical (unpaired) electrons. The first-order chi connectivity index (χ1) is 13.0. The maximum atomic E-state index is 13.9. The van der Waals surface area contributed by atoms with Gasteiger partial charge in [0.2, 0.25) is 0 Å². The lowest BCUT2D eigenvalue weighted by Gasteiger charge is -2.36. The molecule has 1 amide bonds. The van der Waals surface area contributed by atoms with Crippen LogP contribution in [0.2, 0.25) is 0 Å². The third-order valence-electron chi connectivity index (χ3n) is 4.70. The molecule has 0 bridgehead atoms. The zero-order valence-corrected chi connectivity index (χ0v) is 14.8. The largest absolute Gasteiger partial charge is 0.440 e. The number of anilines is 1. The lowest BCUT2D eigenvalue weighted by Crippen LogP contribution is -2.48. The van der Waals surface area contributed by atoms with Crippen LogP contribution in [-0.4, -0.2) is 42.0 Å². The van der Waals surface area contributed by atoms with Gasteiger partial charge in [-0.1, -0.05) is 6.07 Å². The van der Waals surface area contributed by atoms with Gasteiger partial charge in [-0.25, -0.2) is 9.37 Å². The van der Waals surface area contributed by atoms with Gasteiger partial charge >= 0.3 is 0 Å². The average molecular weight is 364 g/mol. The van der Waals surface area contributed by atoms with Crippen LogP contribution >= 0.6 is 0 Å². The quantitative estimate of drug-likeness (QED) is 0.699. The predicted octanol–water partition coefficient (Wildman–Crippen LogP) is 3.11. The molecule has 0 unspecified atom stereocenters. The first-order valence-corrected chi connectivity index (χ1v) is 8.66. The summed E-state index contributed by atoms with van der Waals surface area (Å²) in [6.45, 7) is 3.94. The molecule has 0 atom stereocenters. The Morgan fingerprint density at radius 1 is 1.22 bits per heavy atom. The summed E-state index contributed by atoms with van der Waals surface area (Å²) in [6.07, 6.45) is 0. The molecule has 2 heterocycles. The minimum atomic E-state index is -0.508. The number of aromatic nitrogens is 1. The smallest absolute Gasteiger partial charge is 0.257 e. The van der Waals surface area contributed by atoms with Crippen LogP contribution in [0.25, 0.3) is 11.1 Å². The lowest BCUT2D eigenvalue weighted by atomic mass is 10.1. The van der Waals surface area contributed by atoms with E-state index in [0.29, 0.717) is 48.7 Å². The van der Waals surface area contributed by atoms with Gasteiger partial charge in [0.1, 0.15) is 11.3 Å². The molecule has 0 spiro atoms. The van der Waals surface area contributed by atoms with Crippen molar-refractivity contribution in [2.24, 2.45) is 0 Å². The van der Waals surface area contributed by atoms with Gasteiger partial charge < -0.3 is 14.2 Å². The number of oxazole rings is 1. The summed E-state index contributed by atoms with van der Waals surface area (Å²) in [6, 6.07) is 12.0. The standard InChI is InChI=1S/C20H17FN4O2/c1-13-23-18-11-15(21)10-17(19(18)27-13)20(26)25-7-5-24(6-8-25)16-4-2-3-14(9-16)12-22/h2-4,9-11H,5-8H2,1H3. The highest BCUT2D eigenvalue weighted by Gasteiger charge is 2.26. The molecule has 0 aliphatic carbocycles. The molecule has 136 valence electrons. The molecule has 1 aliphatic heterocycles. The molecule has 6 nitrogen and oxygen atoms in total. The molecule has 2 aromatic carbocycles. The van der Waals surface area contributed by atoms with Gasteiger partial charge in [0.15, 0.2) is 11.5 Å². The number of nitriles is 1. The monoisotopic (exact) mass is 364 g/mol. The summed E-state index contributed by atoms with van der Waals surface area (Å²) in [7, 11) is 0. The summed E-state index contributed by atoms with van der Waals surface area (Å²) in [5.41, 5.74) is 2.44. The van der Waals surface area contributed by atoms with Crippen LogP contribution in [0.3, 0.4) is 0 Å². The second kappa shape index (κ2) is 6.72. The van der Waals surface area contributed by atoms with Crippen LogP contribution in [0, 0.1) is 24.1 Å². The van der Waals surface area contributed by atoms with Gasteiger partial charge in [-0.15, -0.1) is 0 Å². The molecular formula is C20H17FN4O2. The summed E-state index contributed by atoms with van der Waals surface area (Å²) in [5, 5.41) is 9.05. The zero-order valence-electron chi connectivity index (χ0n) is 14.8. The Labute approximate surface area is 155 Å². The van der Waals surface area contributed by atoms with Crippen molar-refractivity contribution < 1.29 is 13.6 Å². The van der Waals surface area contributed by atoms with Crippen molar-refractivity contribution in [3.05, 3.63) is 59.2 Å². The van der Waals surface area contributed by atoms with E-state index in [1.54, 1.807) is 17.9 Å². The number of carbonyl (C=O) groups is 1. The van der Waals surface area contributed by atoms with E-state index in [4.69, 9.17) is 9.68 Å². The predicted molar refractivity (Wildman–Crippen MR) is 98.0 cm³/mol. The molecule has 7 heteroatoms. The Hall–Kier alpha value is -3.40. The van der Waals surface area contributed by atoms with E-state index in [1.807, 2.05) is 18.2 Å². The highest BCUT2D eigenvalue weighted by atomic mass is 19.1. The van der Waals surface area contributed by atoms with Crippen molar-refractivity contribution in [3.63, 3.8) is 0 Å². The third kappa shape index (κ3) is 3.22. The van der Waals surface area contributed by atoms with Gasteiger partial charge in [-0.2, -0.15) is 5.26 Å². The van der Waals surface area contributed by atoms with E-state index in [-0.39, 0.29) is 11.5 Å². The van der Waals surface area contributed by atoms with Crippen LogP contribution in [0.1, 0.15) is 21.8 Å². The molecular weight excluding hydrogens is 347 g/mol. The Morgan fingerprint density at radius 2 is 2.00 bits per heavy atom. The van der Waals surface area contributed by atoms with E-state index in [9.17, 15) is 9.18 Å². The third-order valence-corrected chi connectivity index (χ3v) is 4.70. The maximum absolute atomic E-state index is 13.9. The van der Waals surface area contributed by atoms with Crippen molar-refractivity contribution in [2.45, 2.75) is 6.92 Å². The normalized spacial score (nSPS) is 14.4. The van der Waals surface area contributed by atoms with Gasteiger partial charge in [-0.05, 0) is 24.3 Å². The Bertz CT molecular complexity index is 1060. The molecule has 4 rings (SSSR count). The van der Waals surface area contributed by atoms with Crippen LogP contribution in [-0.2, 0) is 0 Å². The first kappa shape index (κ1) is 17.0. The number of piperazine rings is 1. The highest BCUT2D eigenvalue weighted by molar-refractivity contribution is 6.04. The van der Waals surface area contributed by atoms with E-state index in [1.165, 1.54) is 12.1 Å². The van der Waals surface area contributed by atoms with Gasteiger partial charge in [0.25, 0.3) is 5.91 Å². The van der Waals surface area contributed by atoms with Crippen molar-refractivity contribution in [3.8, 4) is 6.07 Å². The number of rotatable bonds is 2. The van der Waals surface area contributed by atoms with Crippen molar-refractivity contribution in [2.75, 3.05) is 31.1 Å². The Balaban J connectivity index is 1.53. The van der Waals surface area contributed by atoms with Crippen LogP contribution in [0.4, 0.5) is 10.1 Å². The molecule has 1 aromatic heterocycles. The molecule has 0 saturated carbocycles. The van der Waals surface area contributed by atoms with Crippen molar-refractivity contribution in [1.82, 2.24) is 9.88 Å². The van der Waals surface area contributed by atoms with E-state index >= 15 is 0 Å². The van der Waals surface area contributed by atoms with Crippen LogP contribution in [0.15, 0.2) is 40.8 Å². The molecule has 3 aromatic rings. The van der Waals surface area contributed by atoms with E-state index in [0.717, 1.165) is 5.69 Å². The summed E-state index contributed by atoms with van der Waals surface area (Å²) in [4.78, 5) is 20.9. The maximum Gasteiger partial charge on any atom is 0.257 e.